The van der Waals surface area contributed by atoms with Crippen molar-refractivity contribution in [2.75, 3.05) is 13.2 Å². The Kier molecular flexibility index (Phi) is 5.78. The van der Waals surface area contributed by atoms with Crippen LogP contribution in [0.4, 0.5) is 4.79 Å². The van der Waals surface area contributed by atoms with E-state index in [4.69, 9.17) is 9.47 Å². The second-order valence-corrected chi connectivity index (χ2v) is 8.53. The first-order chi connectivity index (χ1) is 11.1. The molecule has 2 saturated heterocycles. The van der Waals surface area contributed by atoms with Gasteiger partial charge in [-0.15, -0.1) is 0 Å². The number of carbonyl (C=O) groups is 2. The van der Waals surface area contributed by atoms with E-state index >= 15 is 0 Å². The van der Waals surface area contributed by atoms with Gasteiger partial charge >= 0.3 is 12.1 Å². The molecule has 0 spiro atoms. The molecule has 2 aliphatic rings. The molecular weight excluding hydrogens is 310 g/mol. The fourth-order valence-electron chi connectivity index (χ4n) is 3.92. The number of rotatable bonds is 3. The van der Waals surface area contributed by atoms with Crippen molar-refractivity contribution >= 4 is 12.1 Å². The molecule has 4 atom stereocenters. The summed E-state index contributed by atoms with van der Waals surface area (Å²) in [6, 6.07) is -0.956. The Balaban J connectivity index is 2.15. The molecule has 4 unspecified atom stereocenters. The molecule has 138 valence electrons. The number of aliphatic carboxylic acids is 1. The first kappa shape index (κ1) is 19.0. The van der Waals surface area contributed by atoms with Crippen LogP contribution >= 0.6 is 0 Å². The van der Waals surface area contributed by atoms with Gasteiger partial charge in [-0.3, -0.25) is 4.90 Å². The maximum absolute atomic E-state index is 12.4. The smallest absolute Gasteiger partial charge is 0.411 e. The number of amides is 1. The second kappa shape index (κ2) is 7.30. The largest absolute Gasteiger partial charge is 0.480 e. The maximum Gasteiger partial charge on any atom is 0.411 e. The summed E-state index contributed by atoms with van der Waals surface area (Å²) < 4.78 is 11.3. The van der Waals surface area contributed by atoms with Crippen LogP contribution in [0.2, 0.25) is 0 Å². The lowest BCUT2D eigenvalue weighted by Gasteiger charge is -2.28. The highest BCUT2D eigenvalue weighted by Crippen LogP contribution is 2.37. The third-order valence-corrected chi connectivity index (χ3v) is 4.70. The van der Waals surface area contributed by atoms with E-state index in [0.717, 1.165) is 19.3 Å². The molecule has 24 heavy (non-hydrogen) atoms. The number of likely N-dealkylation sites (tertiary alicyclic amines) is 1. The lowest BCUT2D eigenvalue weighted by atomic mass is 9.85. The zero-order valence-electron chi connectivity index (χ0n) is 15.4. The zero-order valence-corrected chi connectivity index (χ0v) is 15.4. The van der Waals surface area contributed by atoms with Gasteiger partial charge in [0, 0.05) is 19.1 Å². The van der Waals surface area contributed by atoms with E-state index < -0.39 is 29.8 Å². The minimum Gasteiger partial charge on any atom is -0.480 e. The lowest BCUT2D eigenvalue weighted by Crippen LogP contribution is -2.47. The normalized spacial score (nSPS) is 30.8. The molecule has 0 aliphatic carbocycles. The van der Waals surface area contributed by atoms with Gasteiger partial charge in [0.25, 0.3) is 0 Å². The Hall–Kier alpha value is -1.30. The maximum atomic E-state index is 12.4. The minimum atomic E-state index is -1.02. The molecule has 0 aromatic carbocycles. The SMILES string of the molecule is CC(C)CC1CCOC2C(C1)CN(C(=O)OC(C)(C)C)C2C(=O)O. The number of hydrogen-bond donors (Lipinski definition) is 1. The van der Waals surface area contributed by atoms with Crippen molar-refractivity contribution in [2.24, 2.45) is 17.8 Å². The standard InChI is InChI=1S/C18H31NO5/c1-11(2)8-12-6-7-23-15-13(9-12)10-19(14(15)16(20)21)17(22)24-18(3,4)5/h11-15H,6-10H2,1-5H3,(H,20,21). The van der Waals surface area contributed by atoms with Crippen LogP contribution in [0.1, 0.15) is 53.9 Å². The zero-order chi connectivity index (χ0) is 18.1. The average molecular weight is 341 g/mol. The van der Waals surface area contributed by atoms with Crippen LogP contribution in [0.15, 0.2) is 0 Å². The topological polar surface area (TPSA) is 76.1 Å². The van der Waals surface area contributed by atoms with Crippen LogP contribution in [-0.4, -0.2) is 53.0 Å². The van der Waals surface area contributed by atoms with E-state index in [1.165, 1.54) is 4.90 Å². The number of carboxylic acids is 1. The monoisotopic (exact) mass is 341 g/mol. The Bertz CT molecular complexity index is 471. The highest BCUT2D eigenvalue weighted by atomic mass is 16.6. The highest BCUT2D eigenvalue weighted by Gasteiger charge is 2.51. The van der Waals surface area contributed by atoms with Crippen LogP contribution in [0, 0.1) is 17.8 Å². The molecule has 1 amide bonds. The molecule has 0 aromatic heterocycles. The summed E-state index contributed by atoms with van der Waals surface area (Å²) in [5.41, 5.74) is -0.647. The number of fused-ring (bicyclic) bond motifs is 1. The quantitative estimate of drug-likeness (QED) is 0.853. The summed E-state index contributed by atoms with van der Waals surface area (Å²) >= 11 is 0. The summed E-state index contributed by atoms with van der Waals surface area (Å²) in [6.45, 7) is 10.7. The van der Waals surface area contributed by atoms with E-state index in [1.54, 1.807) is 20.8 Å². The van der Waals surface area contributed by atoms with Gasteiger partial charge in [0.2, 0.25) is 0 Å². The molecule has 0 bridgehead atoms. The molecule has 6 nitrogen and oxygen atoms in total. The molecule has 2 heterocycles. The lowest BCUT2D eigenvalue weighted by molar-refractivity contribution is -0.146. The van der Waals surface area contributed by atoms with Crippen LogP contribution in [0.5, 0.6) is 0 Å². The van der Waals surface area contributed by atoms with Crippen LogP contribution < -0.4 is 0 Å². The summed E-state index contributed by atoms with van der Waals surface area (Å²) in [5.74, 6) is 0.166. The Morgan fingerprint density at radius 3 is 2.54 bits per heavy atom. The van der Waals surface area contributed by atoms with Crippen molar-refractivity contribution in [3.8, 4) is 0 Å². The van der Waals surface area contributed by atoms with E-state index in [0.29, 0.717) is 25.0 Å². The molecule has 1 N–H and O–H groups in total. The van der Waals surface area contributed by atoms with Gasteiger partial charge in [-0.2, -0.15) is 0 Å². The van der Waals surface area contributed by atoms with Crippen molar-refractivity contribution in [3.63, 3.8) is 0 Å². The average Bonchev–Trinajstić information content (AvgIpc) is 2.64. The number of hydrogen-bond acceptors (Lipinski definition) is 4. The van der Waals surface area contributed by atoms with Crippen molar-refractivity contribution in [1.82, 2.24) is 4.90 Å². The Labute approximate surface area is 144 Å². The van der Waals surface area contributed by atoms with E-state index in [-0.39, 0.29) is 5.92 Å². The number of carbonyl (C=O) groups excluding carboxylic acids is 1. The summed E-state index contributed by atoms with van der Waals surface area (Å²) in [6.07, 6.45) is 1.98. The third kappa shape index (κ3) is 4.62. The van der Waals surface area contributed by atoms with Crippen molar-refractivity contribution in [1.29, 1.82) is 0 Å². The third-order valence-electron chi connectivity index (χ3n) is 4.70. The van der Waals surface area contributed by atoms with Gasteiger partial charge in [0.15, 0.2) is 6.04 Å². The highest BCUT2D eigenvalue weighted by molar-refractivity contribution is 5.81. The van der Waals surface area contributed by atoms with E-state index in [2.05, 4.69) is 13.8 Å². The van der Waals surface area contributed by atoms with Gasteiger partial charge in [-0.25, -0.2) is 9.59 Å². The molecule has 2 aliphatic heterocycles. The summed E-state index contributed by atoms with van der Waals surface area (Å²) in [7, 11) is 0. The molecule has 0 aromatic rings. The summed E-state index contributed by atoms with van der Waals surface area (Å²) in [5, 5.41) is 9.64. The fourth-order valence-corrected chi connectivity index (χ4v) is 3.92. The van der Waals surface area contributed by atoms with Gasteiger partial charge in [-0.1, -0.05) is 13.8 Å². The van der Waals surface area contributed by atoms with Gasteiger partial charge in [-0.05, 0) is 51.9 Å². The molecule has 2 rings (SSSR count). The number of carboxylic acid groups (broad SMARTS) is 1. The molecule has 2 fully saturated rings. The van der Waals surface area contributed by atoms with E-state index in [9.17, 15) is 14.7 Å². The van der Waals surface area contributed by atoms with Crippen LogP contribution in [0.25, 0.3) is 0 Å². The van der Waals surface area contributed by atoms with Crippen molar-refractivity contribution in [2.45, 2.75) is 71.6 Å². The van der Waals surface area contributed by atoms with Gasteiger partial charge < -0.3 is 14.6 Å². The summed E-state index contributed by atoms with van der Waals surface area (Å²) in [4.78, 5) is 25.6. The molecule has 6 heteroatoms. The van der Waals surface area contributed by atoms with Crippen molar-refractivity contribution in [3.05, 3.63) is 0 Å². The fraction of sp³-hybridized carbons (Fsp3) is 0.889. The first-order valence-electron chi connectivity index (χ1n) is 8.92. The molecule has 0 radical (unpaired) electrons. The van der Waals surface area contributed by atoms with E-state index in [1.807, 2.05) is 0 Å². The Morgan fingerprint density at radius 1 is 1.33 bits per heavy atom. The minimum absolute atomic E-state index is 0.0601. The van der Waals surface area contributed by atoms with Crippen LogP contribution in [0.3, 0.4) is 0 Å². The number of ether oxygens (including phenoxy) is 2. The predicted octanol–water partition coefficient (Wildman–Crippen LogP) is 3.15. The van der Waals surface area contributed by atoms with Gasteiger partial charge in [0.05, 0.1) is 6.10 Å². The Morgan fingerprint density at radius 2 is 2.00 bits per heavy atom. The predicted molar refractivity (Wildman–Crippen MR) is 89.8 cm³/mol. The van der Waals surface area contributed by atoms with Crippen LogP contribution in [-0.2, 0) is 14.3 Å². The van der Waals surface area contributed by atoms with Crippen molar-refractivity contribution < 1.29 is 24.2 Å². The first-order valence-corrected chi connectivity index (χ1v) is 8.92. The molecule has 0 saturated carbocycles. The second-order valence-electron chi connectivity index (χ2n) is 8.53. The molecular formula is C18H31NO5. The number of nitrogens with zero attached hydrogens (tertiary/aromatic N) is 1. The van der Waals surface area contributed by atoms with Gasteiger partial charge in [0.1, 0.15) is 5.60 Å².